The maximum Gasteiger partial charge on any atom is 0.261 e. The third-order valence-corrected chi connectivity index (χ3v) is 4.48. The van der Waals surface area contributed by atoms with Gasteiger partial charge in [0.2, 0.25) is 5.91 Å². The summed E-state index contributed by atoms with van der Waals surface area (Å²) in [7, 11) is -3.67. The highest BCUT2D eigenvalue weighted by molar-refractivity contribution is 7.92. The fraction of sp³-hybridized carbons (Fsp3) is 0.133. The predicted molar refractivity (Wildman–Crippen MR) is 87.8 cm³/mol. The monoisotopic (exact) mass is 338 g/mol. The first kappa shape index (κ1) is 16.3. The summed E-state index contributed by atoms with van der Waals surface area (Å²) < 4.78 is 27.1. The van der Waals surface area contributed by atoms with Gasteiger partial charge in [0.05, 0.1) is 4.90 Å². The molecule has 116 valence electrons. The van der Waals surface area contributed by atoms with E-state index >= 15 is 0 Å². The smallest absolute Gasteiger partial charge is 0.261 e. The average molecular weight is 339 g/mol. The van der Waals surface area contributed by atoms with Crippen LogP contribution in [0.4, 0.5) is 11.4 Å². The second-order valence-corrected chi connectivity index (χ2v) is 6.63. The van der Waals surface area contributed by atoms with Crippen LogP contribution in [0.5, 0.6) is 0 Å². The number of anilines is 2. The fourth-order valence-corrected chi connectivity index (χ4v) is 2.95. The molecule has 1 amide bonds. The van der Waals surface area contributed by atoms with Gasteiger partial charge in [-0.15, -0.1) is 11.6 Å². The minimum absolute atomic E-state index is 0.109. The Kier molecular flexibility index (Phi) is 5.05. The molecule has 7 heteroatoms. The van der Waals surface area contributed by atoms with Crippen LogP contribution < -0.4 is 10.0 Å². The van der Waals surface area contributed by atoms with Gasteiger partial charge in [0, 0.05) is 11.4 Å². The maximum absolute atomic E-state index is 12.3. The summed E-state index contributed by atoms with van der Waals surface area (Å²) in [5.74, 6) is -0.509. The average Bonchev–Trinajstić information content (AvgIpc) is 2.47. The normalized spacial score (nSPS) is 11.0. The van der Waals surface area contributed by atoms with Crippen LogP contribution in [-0.4, -0.2) is 20.2 Å². The molecule has 0 saturated heterocycles. The van der Waals surface area contributed by atoms with E-state index in [9.17, 15) is 13.2 Å². The van der Waals surface area contributed by atoms with Gasteiger partial charge in [0.1, 0.15) is 5.88 Å². The summed E-state index contributed by atoms with van der Waals surface area (Å²) in [5, 5.41) is 2.54. The lowest BCUT2D eigenvalue weighted by Crippen LogP contribution is -2.14. The lowest BCUT2D eigenvalue weighted by atomic mass is 10.2. The predicted octanol–water partition coefficient (Wildman–Crippen LogP) is 2.97. The van der Waals surface area contributed by atoms with E-state index in [1.807, 2.05) is 13.0 Å². The summed E-state index contributed by atoms with van der Waals surface area (Å²) in [6.07, 6.45) is 0. The molecule has 0 fully saturated rings. The number of halogens is 1. The highest BCUT2D eigenvalue weighted by Crippen LogP contribution is 2.19. The molecule has 0 atom stereocenters. The number of carbonyl (C=O) groups excluding carboxylic acids is 1. The van der Waals surface area contributed by atoms with Gasteiger partial charge in [-0.25, -0.2) is 8.42 Å². The van der Waals surface area contributed by atoms with E-state index in [1.54, 1.807) is 18.2 Å². The molecule has 0 radical (unpaired) electrons. The van der Waals surface area contributed by atoms with Crippen LogP contribution in [0.15, 0.2) is 53.4 Å². The van der Waals surface area contributed by atoms with E-state index in [1.165, 1.54) is 24.3 Å². The largest absolute Gasteiger partial charge is 0.325 e. The summed E-state index contributed by atoms with van der Waals surface area (Å²) in [5.41, 5.74) is 1.94. The van der Waals surface area contributed by atoms with Crippen molar-refractivity contribution >= 4 is 38.9 Å². The molecule has 0 saturated carbocycles. The number of amides is 1. The van der Waals surface area contributed by atoms with Gasteiger partial charge < -0.3 is 5.32 Å². The molecular weight excluding hydrogens is 324 g/mol. The highest BCUT2D eigenvalue weighted by atomic mass is 35.5. The number of carbonyl (C=O) groups is 1. The molecule has 0 unspecified atom stereocenters. The molecule has 0 bridgehead atoms. The summed E-state index contributed by atoms with van der Waals surface area (Å²) in [4.78, 5) is 11.3. The van der Waals surface area contributed by atoms with Crippen LogP contribution in [0.2, 0.25) is 0 Å². The topological polar surface area (TPSA) is 75.3 Å². The Hall–Kier alpha value is -2.05. The summed E-state index contributed by atoms with van der Waals surface area (Å²) in [6.45, 7) is 1.88. The number of benzene rings is 2. The number of hydrogen-bond donors (Lipinski definition) is 2. The Labute approximate surface area is 134 Å². The zero-order valence-corrected chi connectivity index (χ0v) is 13.4. The summed E-state index contributed by atoms with van der Waals surface area (Å²) >= 11 is 5.39. The molecule has 0 aliphatic rings. The molecule has 2 aromatic rings. The van der Waals surface area contributed by atoms with Gasteiger partial charge in [-0.1, -0.05) is 12.1 Å². The Morgan fingerprint density at radius 1 is 1.09 bits per heavy atom. The Morgan fingerprint density at radius 3 is 2.36 bits per heavy atom. The maximum atomic E-state index is 12.3. The van der Waals surface area contributed by atoms with E-state index in [2.05, 4.69) is 10.0 Å². The quantitative estimate of drug-likeness (QED) is 0.823. The molecule has 0 aromatic heterocycles. The lowest BCUT2D eigenvalue weighted by molar-refractivity contribution is -0.113. The van der Waals surface area contributed by atoms with Crippen molar-refractivity contribution in [1.82, 2.24) is 0 Å². The minimum atomic E-state index is -3.67. The second-order valence-electron chi connectivity index (χ2n) is 4.68. The zero-order chi connectivity index (χ0) is 16.2. The summed E-state index contributed by atoms with van der Waals surface area (Å²) in [6, 6.07) is 12.9. The molecule has 2 aromatic carbocycles. The van der Waals surface area contributed by atoms with E-state index in [0.717, 1.165) is 5.56 Å². The number of nitrogens with one attached hydrogen (secondary N) is 2. The van der Waals surface area contributed by atoms with Crippen molar-refractivity contribution in [2.24, 2.45) is 0 Å². The third kappa shape index (κ3) is 4.22. The molecule has 0 spiro atoms. The number of aryl methyl sites for hydroxylation is 1. The van der Waals surface area contributed by atoms with Crippen molar-refractivity contribution in [1.29, 1.82) is 0 Å². The number of alkyl halides is 1. The Morgan fingerprint density at radius 2 is 1.77 bits per heavy atom. The SMILES string of the molecule is Cc1cccc(NS(=O)(=O)c2ccc(NC(=O)CCl)cc2)c1. The van der Waals surface area contributed by atoms with Crippen molar-refractivity contribution in [3.8, 4) is 0 Å². The molecule has 5 nitrogen and oxygen atoms in total. The van der Waals surface area contributed by atoms with Crippen LogP contribution in [0, 0.1) is 6.92 Å². The molecule has 2 rings (SSSR count). The van der Waals surface area contributed by atoms with Crippen molar-refractivity contribution in [3.05, 3.63) is 54.1 Å². The van der Waals surface area contributed by atoms with Crippen molar-refractivity contribution < 1.29 is 13.2 Å². The molecule has 0 heterocycles. The fourth-order valence-electron chi connectivity index (χ4n) is 1.83. The van der Waals surface area contributed by atoms with Crippen molar-refractivity contribution in [2.75, 3.05) is 15.9 Å². The van der Waals surface area contributed by atoms with Crippen LogP contribution in [0.1, 0.15) is 5.56 Å². The Balaban J connectivity index is 2.17. The van der Waals surface area contributed by atoms with Crippen LogP contribution in [-0.2, 0) is 14.8 Å². The van der Waals surface area contributed by atoms with Crippen molar-refractivity contribution in [3.63, 3.8) is 0 Å². The molecule has 0 aliphatic carbocycles. The highest BCUT2D eigenvalue weighted by Gasteiger charge is 2.14. The first-order valence-electron chi connectivity index (χ1n) is 6.46. The Bertz CT molecular complexity index is 774. The number of sulfonamides is 1. The van der Waals surface area contributed by atoms with E-state index in [4.69, 9.17) is 11.6 Å². The van der Waals surface area contributed by atoms with E-state index < -0.39 is 10.0 Å². The van der Waals surface area contributed by atoms with E-state index in [-0.39, 0.29) is 16.7 Å². The van der Waals surface area contributed by atoms with Crippen molar-refractivity contribution in [2.45, 2.75) is 11.8 Å². The number of rotatable bonds is 5. The molecular formula is C15H15ClN2O3S. The molecule has 22 heavy (non-hydrogen) atoms. The minimum Gasteiger partial charge on any atom is -0.325 e. The van der Waals surface area contributed by atoms with E-state index in [0.29, 0.717) is 11.4 Å². The van der Waals surface area contributed by atoms with Gasteiger partial charge in [-0.3, -0.25) is 9.52 Å². The van der Waals surface area contributed by atoms with Gasteiger partial charge in [0.15, 0.2) is 0 Å². The standard InChI is InChI=1S/C15H15ClN2O3S/c1-11-3-2-4-13(9-11)18-22(20,21)14-7-5-12(6-8-14)17-15(19)10-16/h2-9,18H,10H2,1H3,(H,17,19). The van der Waals surface area contributed by atoms with Gasteiger partial charge in [0.25, 0.3) is 10.0 Å². The molecule has 0 aliphatic heterocycles. The second kappa shape index (κ2) is 6.81. The van der Waals surface area contributed by atoms with Crippen LogP contribution in [0.25, 0.3) is 0 Å². The zero-order valence-electron chi connectivity index (χ0n) is 11.8. The van der Waals surface area contributed by atoms with Crippen LogP contribution >= 0.6 is 11.6 Å². The van der Waals surface area contributed by atoms with Gasteiger partial charge in [-0.05, 0) is 48.9 Å². The first-order valence-corrected chi connectivity index (χ1v) is 8.48. The van der Waals surface area contributed by atoms with Gasteiger partial charge >= 0.3 is 0 Å². The number of hydrogen-bond acceptors (Lipinski definition) is 3. The third-order valence-electron chi connectivity index (χ3n) is 2.84. The molecule has 2 N–H and O–H groups in total. The first-order chi connectivity index (χ1) is 10.4. The van der Waals surface area contributed by atoms with Gasteiger partial charge in [-0.2, -0.15) is 0 Å². The van der Waals surface area contributed by atoms with Crippen LogP contribution in [0.3, 0.4) is 0 Å². The lowest BCUT2D eigenvalue weighted by Gasteiger charge is -2.09.